The lowest BCUT2D eigenvalue weighted by molar-refractivity contribution is -0.151. The highest BCUT2D eigenvalue weighted by atomic mass is 16.5. The number of ether oxygens (including phenoxy) is 1. The van der Waals surface area contributed by atoms with Crippen molar-refractivity contribution in [2.45, 2.75) is 315 Å². The van der Waals surface area contributed by atoms with E-state index in [0.717, 1.165) is 57.8 Å². The Morgan fingerprint density at radius 1 is 0.468 bits per heavy atom. The summed E-state index contributed by atoms with van der Waals surface area (Å²) < 4.78 is 5.94. The maximum Gasteiger partial charge on any atom is 0.306 e. The Balaban J connectivity index is 4.58. The molecule has 0 radical (unpaired) electrons. The molecule has 1 amide bonds. The van der Waals surface area contributed by atoms with Gasteiger partial charge in [0.2, 0.25) is 5.91 Å². The molecule has 0 spiro atoms. The number of esters is 1. The number of allylic oxidation sites excluding steroid dienone is 4. The van der Waals surface area contributed by atoms with Gasteiger partial charge in [-0.2, -0.15) is 0 Å². The summed E-state index contributed by atoms with van der Waals surface area (Å²) in [5.74, 6) is -0.488. The second-order valence-electron chi connectivity index (χ2n) is 19.0. The second kappa shape index (κ2) is 50.3. The smallest absolute Gasteiger partial charge is 0.306 e. The molecule has 0 aliphatic heterocycles. The molecule has 3 atom stereocenters. The van der Waals surface area contributed by atoms with Gasteiger partial charge < -0.3 is 20.3 Å². The summed E-state index contributed by atoms with van der Waals surface area (Å²) in [6.07, 6.45) is 58.1. The number of aliphatic hydroxyl groups is 2. The van der Waals surface area contributed by atoms with Crippen LogP contribution in [0.4, 0.5) is 0 Å². The first kappa shape index (κ1) is 60.3. The minimum absolute atomic E-state index is 0.0728. The molecule has 3 unspecified atom stereocenters. The number of amides is 1. The van der Waals surface area contributed by atoms with E-state index in [4.69, 9.17) is 4.74 Å². The number of nitrogens with one attached hydrogen (secondary N) is 1. The highest BCUT2D eigenvalue weighted by Gasteiger charge is 2.24. The topological polar surface area (TPSA) is 95.9 Å². The largest absolute Gasteiger partial charge is 0.462 e. The van der Waals surface area contributed by atoms with Crippen molar-refractivity contribution in [2.24, 2.45) is 0 Å². The van der Waals surface area contributed by atoms with Crippen LogP contribution in [0.1, 0.15) is 297 Å². The van der Waals surface area contributed by atoms with Gasteiger partial charge >= 0.3 is 5.97 Å². The number of carbonyl (C=O) groups is 2. The average Bonchev–Trinajstić information content (AvgIpc) is 3.26. The van der Waals surface area contributed by atoms with Crippen molar-refractivity contribution in [1.29, 1.82) is 0 Å². The standard InChI is InChI=1S/C56H107NO5/c1-4-7-10-13-16-19-22-24-26-28-30-33-35-38-41-44-47-52(62-56(61)49-46-43-40-37-34-31-29-27-25-23-20-17-14-11-8-5-2)50-55(60)57-53(51-58)54(59)48-45-42-39-36-32-21-18-15-12-9-6-3/h27,29,31,34,52-54,58-59H,4-26,28,30,32-33,35-51H2,1-3H3,(H,57,60)/b29-27+,34-31+. The number of hydrogen-bond acceptors (Lipinski definition) is 5. The maximum absolute atomic E-state index is 13.2. The Morgan fingerprint density at radius 2 is 0.806 bits per heavy atom. The van der Waals surface area contributed by atoms with Crippen molar-refractivity contribution in [1.82, 2.24) is 5.32 Å². The molecule has 366 valence electrons. The first-order chi connectivity index (χ1) is 30.5. The monoisotopic (exact) mass is 874 g/mol. The lowest BCUT2D eigenvalue weighted by Crippen LogP contribution is -2.46. The van der Waals surface area contributed by atoms with E-state index in [1.165, 1.54) is 193 Å². The molecule has 0 saturated heterocycles. The molecule has 0 aliphatic rings. The van der Waals surface area contributed by atoms with Crippen LogP contribution in [0.3, 0.4) is 0 Å². The summed E-state index contributed by atoms with van der Waals surface area (Å²) in [4.78, 5) is 26.2. The van der Waals surface area contributed by atoms with Gasteiger partial charge in [0.25, 0.3) is 0 Å². The number of unbranched alkanes of at least 4 members (excludes halogenated alkanes) is 35. The summed E-state index contributed by atoms with van der Waals surface area (Å²) in [5.41, 5.74) is 0. The Labute approximate surface area is 386 Å². The van der Waals surface area contributed by atoms with Crippen molar-refractivity contribution in [3.8, 4) is 0 Å². The van der Waals surface area contributed by atoms with Crippen LogP contribution < -0.4 is 5.32 Å². The van der Waals surface area contributed by atoms with Crippen molar-refractivity contribution in [3.05, 3.63) is 24.3 Å². The third-order valence-electron chi connectivity index (χ3n) is 12.8. The first-order valence-electron chi connectivity index (χ1n) is 27.6. The molecule has 0 aromatic rings. The van der Waals surface area contributed by atoms with Crippen LogP contribution in [-0.4, -0.2) is 46.9 Å². The normalized spacial score (nSPS) is 13.3. The van der Waals surface area contributed by atoms with Gasteiger partial charge in [0.1, 0.15) is 6.10 Å². The highest BCUT2D eigenvalue weighted by molar-refractivity contribution is 5.77. The predicted molar refractivity (Wildman–Crippen MR) is 269 cm³/mol. The minimum atomic E-state index is -0.787. The van der Waals surface area contributed by atoms with E-state index >= 15 is 0 Å². The summed E-state index contributed by atoms with van der Waals surface area (Å²) in [5, 5.41) is 23.8. The van der Waals surface area contributed by atoms with Gasteiger partial charge in [0.15, 0.2) is 0 Å². The number of aliphatic hydroxyl groups excluding tert-OH is 2. The zero-order valence-corrected chi connectivity index (χ0v) is 41.8. The van der Waals surface area contributed by atoms with Crippen LogP contribution in [0, 0.1) is 0 Å². The number of carbonyl (C=O) groups excluding carboxylic acids is 2. The van der Waals surface area contributed by atoms with Crippen molar-refractivity contribution in [3.63, 3.8) is 0 Å². The molecule has 0 aromatic carbocycles. The van der Waals surface area contributed by atoms with E-state index in [1.54, 1.807) is 0 Å². The van der Waals surface area contributed by atoms with E-state index < -0.39 is 18.2 Å². The molecule has 0 rings (SSSR count). The molecule has 6 nitrogen and oxygen atoms in total. The van der Waals surface area contributed by atoms with E-state index in [9.17, 15) is 19.8 Å². The molecule has 6 heteroatoms. The summed E-state index contributed by atoms with van der Waals surface area (Å²) in [7, 11) is 0. The predicted octanol–water partition coefficient (Wildman–Crippen LogP) is 16.7. The third kappa shape index (κ3) is 44.9. The summed E-state index contributed by atoms with van der Waals surface area (Å²) in [6.45, 7) is 6.50. The zero-order chi connectivity index (χ0) is 45.2. The van der Waals surface area contributed by atoms with Crippen LogP contribution >= 0.6 is 0 Å². The van der Waals surface area contributed by atoms with Crippen molar-refractivity contribution in [2.75, 3.05) is 6.61 Å². The fourth-order valence-corrected chi connectivity index (χ4v) is 8.60. The molecule has 0 bridgehead atoms. The molecular formula is C56H107NO5. The lowest BCUT2D eigenvalue weighted by atomic mass is 10.0. The van der Waals surface area contributed by atoms with Gasteiger partial charge in [0, 0.05) is 6.42 Å². The van der Waals surface area contributed by atoms with Crippen LogP contribution in [0.25, 0.3) is 0 Å². The first-order valence-corrected chi connectivity index (χ1v) is 27.6. The number of hydrogen-bond donors (Lipinski definition) is 3. The molecule has 0 aliphatic carbocycles. The van der Waals surface area contributed by atoms with E-state index in [-0.39, 0.29) is 24.9 Å². The fraction of sp³-hybridized carbons (Fsp3) is 0.893. The fourth-order valence-electron chi connectivity index (χ4n) is 8.60. The van der Waals surface area contributed by atoms with Gasteiger partial charge in [-0.3, -0.25) is 9.59 Å². The molecule has 62 heavy (non-hydrogen) atoms. The van der Waals surface area contributed by atoms with Gasteiger partial charge in [-0.05, 0) is 51.4 Å². The lowest BCUT2D eigenvalue weighted by Gasteiger charge is -2.24. The van der Waals surface area contributed by atoms with Gasteiger partial charge in [0.05, 0.1) is 25.2 Å². The summed E-state index contributed by atoms with van der Waals surface area (Å²) in [6, 6.07) is -0.702. The van der Waals surface area contributed by atoms with E-state index in [1.807, 2.05) is 0 Å². The zero-order valence-electron chi connectivity index (χ0n) is 41.8. The summed E-state index contributed by atoms with van der Waals surface area (Å²) >= 11 is 0. The Kier molecular flexibility index (Phi) is 49.0. The molecule has 3 N–H and O–H groups in total. The van der Waals surface area contributed by atoms with Crippen LogP contribution in [0.15, 0.2) is 24.3 Å². The highest BCUT2D eigenvalue weighted by Crippen LogP contribution is 2.18. The Hall–Kier alpha value is -1.66. The van der Waals surface area contributed by atoms with Crippen LogP contribution in [-0.2, 0) is 14.3 Å². The molecule has 0 aromatic heterocycles. The molecule has 0 saturated carbocycles. The molecule has 0 heterocycles. The quantitative estimate of drug-likeness (QED) is 0.0321. The Bertz CT molecular complexity index is 981. The SMILES string of the molecule is CCCCCCCCC/C=C/C=C/CCCCCC(=O)OC(CCCCCCCCCCCCCCCCCC)CC(=O)NC(CO)C(O)CCCCCCCCCCCCC. The Morgan fingerprint density at radius 3 is 1.19 bits per heavy atom. The van der Waals surface area contributed by atoms with Gasteiger partial charge in [-0.25, -0.2) is 0 Å². The van der Waals surface area contributed by atoms with Crippen molar-refractivity contribution >= 4 is 11.9 Å². The van der Waals surface area contributed by atoms with Gasteiger partial charge in [-0.1, -0.05) is 257 Å². The van der Waals surface area contributed by atoms with Crippen molar-refractivity contribution < 1.29 is 24.5 Å². The molecule has 0 fully saturated rings. The molecular weight excluding hydrogens is 767 g/mol. The van der Waals surface area contributed by atoms with E-state index in [2.05, 4.69) is 50.4 Å². The minimum Gasteiger partial charge on any atom is -0.462 e. The second-order valence-corrected chi connectivity index (χ2v) is 19.0. The number of rotatable bonds is 50. The maximum atomic E-state index is 13.2. The van der Waals surface area contributed by atoms with Gasteiger partial charge in [-0.15, -0.1) is 0 Å². The van der Waals surface area contributed by atoms with E-state index in [0.29, 0.717) is 19.3 Å². The average molecular weight is 874 g/mol. The van der Waals surface area contributed by atoms with Crippen LogP contribution in [0.2, 0.25) is 0 Å². The van der Waals surface area contributed by atoms with Crippen LogP contribution in [0.5, 0.6) is 0 Å². The third-order valence-corrected chi connectivity index (χ3v) is 12.8.